The molecule has 2 aromatic rings. The minimum absolute atomic E-state index is 0.773. The Balaban J connectivity index is 2.08. The fourth-order valence-corrected chi connectivity index (χ4v) is 3.19. The van der Waals surface area contributed by atoms with Crippen molar-refractivity contribution < 1.29 is 0 Å². The lowest BCUT2D eigenvalue weighted by Gasteiger charge is -2.19. The second-order valence-corrected chi connectivity index (χ2v) is 5.71. The van der Waals surface area contributed by atoms with E-state index in [4.69, 9.17) is 4.98 Å². The maximum atomic E-state index is 4.74. The van der Waals surface area contributed by atoms with Crippen LogP contribution in [0.15, 0.2) is 5.38 Å². The molecule has 4 nitrogen and oxygen atoms in total. The molecule has 2 heterocycles. The minimum Gasteiger partial charge on any atom is -0.370 e. The van der Waals surface area contributed by atoms with Crippen LogP contribution < -0.4 is 5.32 Å². The highest BCUT2D eigenvalue weighted by Crippen LogP contribution is 2.29. The number of aryl methyl sites for hydroxylation is 2. The molecule has 100 valence electrons. The molecule has 1 aliphatic rings. The van der Waals surface area contributed by atoms with Gasteiger partial charge in [0.05, 0.1) is 0 Å². The first-order valence-electron chi connectivity index (χ1n) is 6.84. The van der Waals surface area contributed by atoms with Crippen molar-refractivity contribution >= 4 is 17.2 Å². The van der Waals surface area contributed by atoms with E-state index in [0.717, 1.165) is 41.7 Å². The predicted octanol–water partition coefficient (Wildman–Crippen LogP) is 3.22. The topological polar surface area (TPSA) is 50.7 Å². The zero-order valence-corrected chi connectivity index (χ0v) is 12.2. The van der Waals surface area contributed by atoms with Crippen LogP contribution in [0.5, 0.6) is 0 Å². The molecular weight excluding hydrogens is 256 g/mol. The lowest BCUT2D eigenvalue weighted by Crippen LogP contribution is -2.13. The summed E-state index contributed by atoms with van der Waals surface area (Å²) in [4.78, 5) is 13.9. The monoisotopic (exact) mass is 274 g/mol. The third kappa shape index (κ3) is 2.47. The highest BCUT2D eigenvalue weighted by atomic mass is 32.1. The molecule has 0 spiro atoms. The zero-order chi connectivity index (χ0) is 13.2. The second kappa shape index (κ2) is 5.25. The number of anilines is 1. The standard InChI is InChI=1S/C14H18N4S/c1-3-15-12-10-6-4-5-7-11(10)17-13(18-12)14-16-9(2)8-19-14/h8H,3-7H2,1-2H3,(H,15,17,18). The van der Waals surface area contributed by atoms with Crippen molar-refractivity contribution in [3.8, 4) is 10.8 Å². The van der Waals surface area contributed by atoms with Crippen LogP contribution in [0, 0.1) is 6.92 Å². The molecule has 3 rings (SSSR count). The Morgan fingerprint density at radius 2 is 2.05 bits per heavy atom. The van der Waals surface area contributed by atoms with Crippen LogP contribution in [0.25, 0.3) is 10.8 Å². The van der Waals surface area contributed by atoms with Crippen molar-refractivity contribution in [2.75, 3.05) is 11.9 Å². The summed E-state index contributed by atoms with van der Waals surface area (Å²) in [5.74, 6) is 1.78. The molecule has 0 bridgehead atoms. The van der Waals surface area contributed by atoms with Crippen LogP contribution in [0.3, 0.4) is 0 Å². The highest BCUT2D eigenvalue weighted by molar-refractivity contribution is 7.13. The van der Waals surface area contributed by atoms with Gasteiger partial charge in [-0.1, -0.05) is 0 Å². The highest BCUT2D eigenvalue weighted by Gasteiger charge is 2.19. The molecule has 0 aliphatic heterocycles. The third-order valence-electron chi connectivity index (χ3n) is 3.34. The largest absolute Gasteiger partial charge is 0.370 e. The van der Waals surface area contributed by atoms with E-state index in [1.54, 1.807) is 11.3 Å². The van der Waals surface area contributed by atoms with Crippen LogP contribution in [0.1, 0.15) is 36.7 Å². The van der Waals surface area contributed by atoms with E-state index < -0.39 is 0 Å². The van der Waals surface area contributed by atoms with Gasteiger partial charge in [0.25, 0.3) is 0 Å². The van der Waals surface area contributed by atoms with E-state index in [1.165, 1.54) is 24.1 Å². The first-order chi connectivity index (χ1) is 9.28. The summed E-state index contributed by atoms with van der Waals surface area (Å²) in [6.07, 6.45) is 4.62. The number of nitrogens with zero attached hydrogens (tertiary/aromatic N) is 3. The molecular formula is C14H18N4S. The summed E-state index contributed by atoms with van der Waals surface area (Å²) < 4.78 is 0. The number of hydrogen-bond donors (Lipinski definition) is 1. The number of fused-ring (bicyclic) bond motifs is 1. The summed E-state index contributed by atoms with van der Waals surface area (Å²) >= 11 is 1.62. The van der Waals surface area contributed by atoms with Gasteiger partial charge in [0.1, 0.15) is 5.82 Å². The summed E-state index contributed by atoms with van der Waals surface area (Å²) in [6.45, 7) is 4.99. The number of hydrogen-bond acceptors (Lipinski definition) is 5. The number of aromatic nitrogens is 3. The molecule has 0 aromatic carbocycles. The van der Waals surface area contributed by atoms with E-state index in [9.17, 15) is 0 Å². The smallest absolute Gasteiger partial charge is 0.190 e. The Bertz CT molecular complexity index is 591. The fraction of sp³-hybridized carbons (Fsp3) is 0.500. The van der Waals surface area contributed by atoms with Crippen molar-refractivity contribution in [2.24, 2.45) is 0 Å². The van der Waals surface area contributed by atoms with Crippen LogP contribution in [0.2, 0.25) is 0 Å². The Labute approximate surface area is 117 Å². The zero-order valence-electron chi connectivity index (χ0n) is 11.4. The van der Waals surface area contributed by atoms with Gasteiger partial charge in [-0.05, 0) is 39.5 Å². The molecule has 0 fully saturated rings. The van der Waals surface area contributed by atoms with Crippen molar-refractivity contribution in [3.05, 3.63) is 22.3 Å². The van der Waals surface area contributed by atoms with Gasteiger partial charge < -0.3 is 5.32 Å². The lowest BCUT2D eigenvalue weighted by atomic mass is 9.96. The van der Waals surface area contributed by atoms with Crippen LogP contribution in [0.4, 0.5) is 5.82 Å². The average molecular weight is 274 g/mol. The van der Waals surface area contributed by atoms with E-state index in [2.05, 4.69) is 22.2 Å². The first-order valence-corrected chi connectivity index (χ1v) is 7.72. The van der Waals surface area contributed by atoms with Crippen molar-refractivity contribution in [1.29, 1.82) is 0 Å². The van der Waals surface area contributed by atoms with Crippen molar-refractivity contribution in [3.63, 3.8) is 0 Å². The summed E-state index contributed by atoms with van der Waals surface area (Å²) in [6, 6.07) is 0. The summed E-state index contributed by atoms with van der Waals surface area (Å²) in [7, 11) is 0. The maximum absolute atomic E-state index is 4.74. The number of thiazole rings is 1. The van der Waals surface area contributed by atoms with Gasteiger partial charge in [-0.25, -0.2) is 15.0 Å². The van der Waals surface area contributed by atoms with E-state index >= 15 is 0 Å². The summed E-state index contributed by atoms with van der Waals surface area (Å²) in [5.41, 5.74) is 3.55. The van der Waals surface area contributed by atoms with Gasteiger partial charge in [0, 0.05) is 28.9 Å². The molecule has 19 heavy (non-hydrogen) atoms. The molecule has 0 atom stereocenters. The molecule has 2 aromatic heterocycles. The number of nitrogens with one attached hydrogen (secondary N) is 1. The Morgan fingerprint density at radius 1 is 1.21 bits per heavy atom. The first kappa shape index (κ1) is 12.5. The molecule has 1 aliphatic carbocycles. The molecule has 0 radical (unpaired) electrons. The Kier molecular flexibility index (Phi) is 3.46. The maximum Gasteiger partial charge on any atom is 0.190 e. The summed E-state index contributed by atoms with van der Waals surface area (Å²) in [5, 5.41) is 6.35. The van der Waals surface area contributed by atoms with E-state index in [1.807, 2.05) is 12.3 Å². The van der Waals surface area contributed by atoms with Crippen molar-refractivity contribution in [1.82, 2.24) is 15.0 Å². The van der Waals surface area contributed by atoms with Crippen LogP contribution in [-0.4, -0.2) is 21.5 Å². The van der Waals surface area contributed by atoms with Gasteiger partial charge in [-0.3, -0.25) is 0 Å². The molecule has 0 saturated heterocycles. The quantitative estimate of drug-likeness (QED) is 0.933. The third-order valence-corrected chi connectivity index (χ3v) is 4.29. The second-order valence-electron chi connectivity index (χ2n) is 4.85. The van der Waals surface area contributed by atoms with Gasteiger partial charge in [-0.15, -0.1) is 11.3 Å². The number of rotatable bonds is 3. The molecule has 0 unspecified atom stereocenters. The van der Waals surface area contributed by atoms with E-state index in [0.29, 0.717) is 0 Å². The van der Waals surface area contributed by atoms with Crippen molar-refractivity contribution in [2.45, 2.75) is 39.5 Å². The molecule has 0 saturated carbocycles. The molecule has 0 amide bonds. The van der Waals surface area contributed by atoms with Crippen LogP contribution in [-0.2, 0) is 12.8 Å². The van der Waals surface area contributed by atoms with Crippen LogP contribution >= 0.6 is 11.3 Å². The van der Waals surface area contributed by atoms with E-state index in [-0.39, 0.29) is 0 Å². The molecule has 1 N–H and O–H groups in total. The Hall–Kier alpha value is -1.49. The molecule has 5 heteroatoms. The predicted molar refractivity (Wildman–Crippen MR) is 78.7 cm³/mol. The van der Waals surface area contributed by atoms with Gasteiger partial charge in [0.2, 0.25) is 0 Å². The van der Waals surface area contributed by atoms with Gasteiger partial charge >= 0.3 is 0 Å². The normalized spacial score (nSPS) is 14.2. The lowest BCUT2D eigenvalue weighted by molar-refractivity contribution is 0.664. The Morgan fingerprint density at radius 3 is 2.79 bits per heavy atom. The average Bonchev–Trinajstić information content (AvgIpc) is 2.86. The SMILES string of the molecule is CCNc1nc(-c2nc(C)cs2)nc2c1CCCC2. The van der Waals surface area contributed by atoms with Gasteiger partial charge in [0.15, 0.2) is 10.8 Å². The fourth-order valence-electron chi connectivity index (χ4n) is 2.46. The van der Waals surface area contributed by atoms with Gasteiger partial charge in [-0.2, -0.15) is 0 Å². The minimum atomic E-state index is 0.773.